The van der Waals surface area contributed by atoms with Crippen LogP contribution in [0, 0.1) is 6.92 Å². The van der Waals surface area contributed by atoms with E-state index in [-0.39, 0.29) is 6.42 Å². The summed E-state index contributed by atoms with van der Waals surface area (Å²) in [4.78, 5) is 12.6. The van der Waals surface area contributed by atoms with Crippen molar-refractivity contribution < 1.29 is 9.90 Å². The molecule has 1 atom stereocenters. The molecule has 0 saturated carbocycles. The van der Waals surface area contributed by atoms with E-state index in [0.29, 0.717) is 0 Å². The van der Waals surface area contributed by atoms with Crippen molar-refractivity contribution in [2.24, 2.45) is 5.73 Å². The van der Waals surface area contributed by atoms with Crippen molar-refractivity contribution in [1.29, 1.82) is 0 Å². The Bertz CT molecular complexity index is 317. The summed E-state index contributed by atoms with van der Waals surface area (Å²) in [5.74, 6) is -0.865. The molecule has 0 spiro atoms. The summed E-state index contributed by atoms with van der Waals surface area (Å²) < 4.78 is 0. The third-order valence-electron chi connectivity index (χ3n) is 1.82. The summed E-state index contributed by atoms with van der Waals surface area (Å²) in [6.45, 7) is 3.72. The molecule has 0 aliphatic heterocycles. The van der Waals surface area contributed by atoms with Crippen LogP contribution in [-0.4, -0.2) is 11.1 Å². The third-order valence-corrected chi connectivity index (χ3v) is 3.10. The number of thiophene rings is 1. The van der Waals surface area contributed by atoms with Gasteiger partial charge in [-0.3, -0.25) is 4.79 Å². The normalized spacial score (nSPS) is 15.3. The van der Waals surface area contributed by atoms with Crippen molar-refractivity contribution in [1.82, 2.24) is 0 Å². The first-order valence-electron chi connectivity index (χ1n) is 3.99. The molecule has 0 aliphatic carbocycles. The van der Waals surface area contributed by atoms with Crippen LogP contribution >= 0.6 is 11.3 Å². The van der Waals surface area contributed by atoms with Crippen molar-refractivity contribution >= 4 is 17.3 Å². The highest BCUT2D eigenvalue weighted by atomic mass is 32.1. The molecule has 1 aromatic heterocycles. The van der Waals surface area contributed by atoms with Crippen LogP contribution in [-0.2, 0) is 10.3 Å². The van der Waals surface area contributed by atoms with Gasteiger partial charge in [0, 0.05) is 9.75 Å². The van der Waals surface area contributed by atoms with Crippen LogP contribution in [0.1, 0.15) is 23.1 Å². The molecule has 13 heavy (non-hydrogen) atoms. The number of rotatable bonds is 3. The fourth-order valence-electron chi connectivity index (χ4n) is 1.14. The number of nitrogens with two attached hydrogens (primary N) is 1. The number of carbonyl (C=O) groups is 1. The van der Waals surface area contributed by atoms with Gasteiger partial charge >= 0.3 is 5.97 Å². The van der Waals surface area contributed by atoms with E-state index in [9.17, 15) is 4.79 Å². The zero-order valence-electron chi connectivity index (χ0n) is 7.70. The van der Waals surface area contributed by atoms with Gasteiger partial charge in [0.25, 0.3) is 0 Å². The highest BCUT2D eigenvalue weighted by molar-refractivity contribution is 7.12. The topological polar surface area (TPSA) is 63.3 Å². The summed E-state index contributed by atoms with van der Waals surface area (Å²) in [5, 5.41) is 8.64. The first kappa shape index (κ1) is 10.2. The SMILES string of the molecule is Cc1ccc([C@](C)(N)CC(=O)O)s1. The second kappa shape index (κ2) is 3.47. The first-order valence-corrected chi connectivity index (χ1v) is 4.81. The van der Waals surface area contributed by atoms with Gasteiger partial charge in [0.05, 0.1) is 12.0 Å². The van der Waals surface area contributed by atoms with Gasteiger partial charge in [-0.15, -0.1) is 11.3 Å². The maximum absolute atomic E-state index is 10.5. The Balaban J connectivity index is 2.86. The summed E-state index contributed by atoms with van der Waals surface area (Å²) in [5.41, 5.74) is 5.14. The molecule has 0 radical (unpaired) electrons. The van der Waals surface area contributed by atoms with E-state index < -0.39 is 11.5 Å². The number of hydrogen-bond donors (Lipinski definition) is 2. The lowest BCUT2D eigenvalue weighted by atomic mass is 9.97. The second-order valence-corrected chi connectivity index (χ2v) is 4.69. The van der Waals surface area contributed by atoms with Crippen LogP contribution in [0.3, 0.4) is 0 Å². The Hall–Kier alpha value is -0.870. The molecule has 1 rings (SSSR count). The van der Waals surface area contributed by atoms with Gasteiger partial charge in [-0.05, 0) is 26.0 Å². The Labute approximate surface area is 81.2 Å². The Morgan fingerprint density at radius 3 is 2.69 bits per heavy atom. The minimum atomic E-state index is -0.865. The maximum Gasteiger partial charge on any atom is 0.305 e. The van der Waals surface area contributed by atoms with Crippen molar-refractivity contribution in [3.05, 3.63) is 21.9 Å². The summed E-state index contributed by atoms with van der Waals surface area (Å²) in [6, 6.07) is 3.84. The molecule has 0 amide bonds. The number of aryl methyl sites for hydroxylation is 1. The molecule has 0 aromatic carbocycles. The van der Waals surface area contributed by atoms with E-state index in [4.69, 9.17) is 10.8 Å². The van der Waals surface area contributed by atoms with Crippen LogP contribution in [0.4, 0.5) is 0 Å². The highest BCUT2D eigenvalue weighted by Crippen LogP contribution is 2.28. The highest BCUT2D eigenvalue weighted by Gasteiger charge is 2.25. The van der Waals surface area contributed by atoms with Gasteiger partial charge in [0.15, 0.2) is 0 Å². The lowest BCUT2D eigenvalue weighted by molar-refractivity contribution is -0.138. The molecular weight excluding hydrogens is 186 g/mol. The van der Waals surface area contributed by atoms with Crippen molar-refractivity contribution in [3.8, 4) is 0 Å². The quantitative estimate of drug-likeness (QED) is 0.778. The molecule has 1 aromatic rings. The summed E-state index contributed by atoms with van der Waals surface area (Å²) in [6.07, 6.45) is -0.0348. The average molecular weight is 199 g/mol. The van der Waals surface area contributed by atoms with E-state index in [1.807, 2.05) is 19.1 Å². The molecule has 3 nitrogen and oxygen atoms in total. The number of hydrogen-bond acceptors (Lipinski definition) is 3. The number of carboxylic acid groups (broad SMARTS) is 1. The summed E-state index contributed by atoms with van der Waals surface area (Å²) >= 11 is 1.55. The van der Waals surface area contributed by atoms with Crippen molar-refractivity contribution in [2.45, 2.75) is 25.8 Å². The fraction of sp³-hybridized carbons (Fsp3) is 0.444. The minimum Gasteiger partial charge on any atom is -0.481 e. The predicted molar refractivity (Wildman–Crippen MR) is 52.8 cm³/mol. The largest absolute Gasteiger partial charge is 0.481 e. The Kier molecular flexibility index (Phi) is 2.73. The lowest BCUT2D eigenvalue weighted by Gasteiger charge is -2.20. The zero-order chi connectivity index (χ0) is 10.1. The number of carboxylic acids is 1. The molecule has 0 bridgehead atoms. The molecule has 0 aliphatic rings. The van der Waals surface area contributed by atoms with Crippen molar-refractivity contribution in [2.75, 3.05) is 0 Å². The van der Waals surface area contributed by atoms with Gasteiger partial charge in [-0.1, -0.05) is 0 Å². The van der Waals surface area contributed by atoms with Crippen LogP contribution < -0.4 is 5.73 Å². The molecule has 1 heterocycles. The van der Waals surface area contributed by atoms with Crippen LogP contribution in [0.5, 0.6) is 0 Å². The zero-order valence-corrected chi connectivity index (χ0v) is 8.52. The minimum absolute atomic E-state index is 0.0348. The summed E-state index contributed by atoms with van der Waals surface area (Å²) in [7, 11) is 0. The average Bonchev–Trinajstić information content (AvgIpc) is 2.32. The molecule has 0 unspecified atom stereocenters. The molecular formula is C9H13NO2S. The van der Waals surface area contributed by atoms with Gasteiger partial charge in [0.1, 0.15) is 0 Å². The number of aliphatic carboxylic acids is 1. The van der Waals surface area contributed by atoms with Gasteiger partial charge < -0.3 is 10.8 Å². The van der Waals surface area contributed by atoms with Gasteiger partial charge in [0.2, 0.25) is 0 Å². The maximum atomic E-state index is 10.5. The smallest absolute Gasteiger partial charge is 0.305 e. The van der Waals surface area contributed by atoms with Crippen LogP contribution in [0.15, 0.2) is 12.1 Å². The van der Waals surface area contributed by atoms with Crippen LogP contribution in [0.25, 0.3) is 0 Å². The molecule has 0 fully saturated rings. The van der Waals surface area contributed by atoms with Crippen molar-refractivity contribution in [3.63, 3.8) is 0 Å². The monoisotopic (exact) mass is 199 g/mol. The fourth-order valence-corrected chi connectivity index (χ4v) is 2.07. The molecule has 4 heteroatoms. The van der Waals surface area contributed by atoms with Gasteiger partial charge in [-0.25, -0.2) is 0 Å². The lowest BCUT2D eigenvalue weighted by Crippen LogP contribution is -2.34. The van der Waals surface area contributed by atoms with E-state index in [1.54, 1.807) is 18.3 Å². The molecule has 0 saturated heterocycles. The Morgan fingerprint density at radius 1 is 1.69 bits per heavy atom. The first-order chi connectivity index (χ1) is 5.92. The van der Waals surface area contributed by atoms with E-state index in [2.05, 4.69) is 0 Å². The molecule has 72 valence electrons. The molecule has 3 N–H and O–H groups in total. The Morgan fingerprint density at radius 2 is 2.31 bits per heavy atom. The predicted octanol–water partition coefficient (Wildman–Crippen LogP) is 1.71. The van der Waals surface area contributed by atoms with E-state index in [0.717, 1.165) is 9.75 Å². The van der Waals surface area contributed by atoms with E-state index in [1.165, 1.54) is 0 Å². The standard InChI is InChI=1S/C9H13NO2S/c1-6-3-4-7(13-6)9(2,10)5-8(11)12/h3-4H,5,10H2,1-2H3,(H,11,12)/t9-/m1/s1. The third kappa shape index (κ3) is 2.54. The van der Waals surface area contributed by atoms with E-state index >= 15 is 0 Å². The second-order valence-electron chi connectivity index (χ2n) is 3.40. The van der Waals surface area contributed by atoms with Gasteiger partial charge in [-0.2, -0.15) is 0 Å². The van der Waals surface area contributed by atoms with Crippen LogP contribution in [0.2, 0.25) is 0 Å².